The van der Waals surface area contributed by atoms with Crippen LogP contribution in [0.15, 0.2) is 53.1 Å². The van der Waals surface area contributed by atoms with Gasteiger partial charge >= 0.3 is 0 Å². The fourth-order valence-corrected chi connectivity index (χ4v) is 2.18. The summed E-state index contributed by atoms with van der Waals surface area (Å²) in [4.78, 5) is 11.8. The molecule has 1 aromatic heterocycles. The smallest absolute Gasteiger partial charge is 0.234 e. The van der Waals surface area contributed by atoms with Gasteiger partial charge in [-0.15, -0.1) is 0 Å². The van der Waals surface area contributed by atoms with Crippen LogP contribution in [0.3, 0.4) is 0 Å². The van der Waals surface area contributed by atoms with Crippen molar-refractivity contribution in [2.75, 3.05) is 6.54 Å². The van der Waals surface area contributed by atoms with Crippen molar-refractivity contribution < 1.29 is 9.21 Å². The monoisotopic (exact) mass is 270 g/mol. The summed E-state index contributed by atoms with van der Waals surface area (Å²) in [6.07, 6.45) is 3.86. The van der Waals surface area contributed by atoms with Crippen LogP contribution in [0.25, 0.3) is 0 Å². The molecule has 0 saturated heterocycles. The van der Waals surface area contributed by atoms with E-state index < -0.39 is 0 Å². The number of nitrogens with one attached hydrogen (secondary N) is 2. The molecular formula is C16H18N2O2. The highest BCUT2D eigenvalue weighted by atomic mass is 16.3. The largest absolute Gasteiger partial charge is 0.467 e. The summed E-state index contributed by atoms with van der Waals surface area (Å²) in [5, 5.41) is 6.24. The van der Waals surface area contributed by atoms with E-state index in [4.69, 9.17) is 4.42 Å². The van der Waals surface area contributed by atoms with Crippen LogP contribution in [0, 0.1) is 0 Å². The minimum Gasteiger partial charge on any atom is -0.467 e. The molecule has 2 aromatic rings. The fourth-order valence-electron chi connectivity index (χ4n) is 2.18. The zero-order valence-electron chi connectivity index (χ0n) is 11.2. The highest BCUT2D eigenvalue weighted by Crippen LogP contribution is 2.22. The van der Waals surface area contributed by atoms with Gasteiger partial charge in [-0.25, -0.2) is 0 Å². The van der Waals surface area contributed by atoms with Crippen LogP contribution in [-0.2, 0) is 4.79 Å². The Morgan fingerprint density at radius 2 is 2.00 bits per heavy atom. The van der Waals surface area contributed by atoms with Crippen LogP contribution in [-0.4, -0.2) is 18.5 Å². The van der Waals surface area contributed by atoms with Gasteiger partial charge in [0.2, 0.25) is 5.91 Å². The number of carbonyl (C=O) groups excluding carboxylic acids is 1. The maximum absolute atomic E-state index is 11.8. The molecule has 2 N–H and O–H groups in total. The summed E-state index contributed by atoms with van der Waals surface area (Å²) in [5.41, 5.74) is 1.08. The Hall–Kier alpha value is -2.07. The van der Waals surface area contributed by atoms with Gasteiger partial charge in [0.05, 0.1) is 18.8 Å². The molecule has 4 nitrogen and oxygen atoms in total. The third-order valence-corrected chi connectivity index (χ3v) is 3.37. The minimum atomic E-state index is -0.101. The highest BCUT2D eigenvalue weighted by molar-refractivity contribution is 5.78. The van der Waals surface area contributed by atoms with Gasteiger partial charge in [-0.1, -0.05) is 30.3 Å². The molecule has 3 rings (SSSR count). The zero-order valence-corrected chi connectivity index (χ0v) is 11.2. The topological polar surface area (TPSA) is 54.3 Å². The predicted octanol–water partition coefficient (Wildman–Crippen LogP) is 2.24. The summed E-state index contributed by atoms with van der Waals surface area (Å²) < 4.78 is 5.48. The molecule has 1 aromatic carbocycles. The standard InChI is InChI=1S/C16H18N2O2/c19-15(18-13-8-9-13)11-17-16(14-7-4-10-20-14)12-5-2-1-3-6-12/h1-7,10,13,16-17H,8-9,11H2,(H,18,19). The van der Waals surface area contributed by atoms with Gasteiger partial charge in [0, 0.05) is 6.04 Å². The molecule has 0 bridgehead atoms. The maximum atomic E-state index is 11.8. The first-order valence-electron chi connectivity index (χ1n) is 6.94. The molecule has 0 spiro atoms. The molecule has 104 valence electrons. The van der Waals surface area contributed by atoms with E-state index >= 15 is 0 Å². The Morgan fingerprint density at radius 1 is 1.20 bits per heavy atom. The summed E-state index contributed by atoms with van der Waals surface area (Å²) in [7, 11) is 0. The quantitative estimate of drug-likeness (QED) is 0.846. The number of rotatable bonds is 6. The summed E-state index contributed by atoms with van der Waals surface area (Å²) in [6.45, 7) is 0.288. The van der Waals surface area contributed by atoms with Crippen molar-refractivity contribution in [3.05, 3.63) is 60.1 Å². The molecule has 1 fully saturated rings. The van der Waals surface area contributed by atoms with Gasteiger partial charge in [0.1, 0.15) is 5.76 Å². The normalized spacial score (nSPS) is 15.8. The van der Waals surface area contributed by atoms with E-state index in [1.165, 1.54) is 0 Å². The minimum absolute atomic E-state index is 0.0417. The average Bonchev–Trinajstić information content (AvgIpc) is 3.12. The molecule has 1 heterocycles. The third kappa shape index (κ3) is 3.27. The molecule has 0 aliphatic heterocycles. The number of carbonyl (C=O) groups is 1. The average molecular weight is 270 g/mol. The van der Waals surface area contributed by atoms with Gasteiger partial charge in [0.25, 0.3) is 0 Å². The Kier molecular flexibility index (Phi) is 3.83. The number of furan rings is 1. The van der Waals surface area contributed by atoms with Crippen LogP contribution in [0.5, 0.6) is 0 Å². The van der Waals surface area contributed by atoms with Crippen molar-refractivity contribution in [1.29, 1.82) is 0 Å². The van der Waals surface area contributed by atoms with Crippen molar-refractivity contribution in [2.45, 2.75) is 24.9 Å². The van der Waals surface area contributed by atoms with Crippen molar-refractivity contribution in [2.24, 2.45) is 0 Å². The Balaban J connectivity index is 1.68. The number of amides is 1. The molecule has 20 heavy (non-hydrogen) atoms. The number of benzene rings is 1. The van der Waals surface area contributed by atoms with Crippen molar-refractivity contribution in [1.82, 2.24) is 10.6 Å². The molecular weight excluding hydrogens is 252 g/mol. The lowest BCUT2D eigenvalue weighted by atomic mass is 10.0. The molecule has 0 radical (unpaired) electrons. The van der Waals surface area contributed by atoms with E-state index in [0.717, 1.165) is 24.2 Å². The molecule has 1 aliphatic carbocycles. The number of hydrogen-bond donors (Lipinski definition) is 2. The second-order valence-corrected chi connectivity index (χ2v) is 5.08. The lowest BCUT2D eigenvalue weighted by Gasteiger charge is -2.17. The fraction of sp³-hybridized carbons (Fsp3) is 0.312. The second kappa shape index (κ2) is 5.92. The summed E-state index contributed by atoms with van der Waals surface area (Å²) in [6, 6.07) is 14.1. The first-order valence-corrected chi connectivity index (χ1v) is 6.94. The van der Waals surface area contributed by atoms with Crippen LogP contribution in [0.2, 0.25) is 0 Å². The molecule has 1 amide bonds. The van der Waals surface area contributed by atoms with Crippen molar-refractivity contribution >= 4 is 5.91 Å². The SMILES string of the molecule is O=C(CNC(c1ccccc1)c1ccco1)NC1CC1. The van der Waals surface area contributed by atoms with Crippen LogP contribution in [0.1, 0.15) is 30.2 Å². The zero-order chi connectivity index (χ0) is 13.8. The first kappa shape index (κ1) is 12.9. The molecule has 1 unspecified atom stereocenters. The predicted molar refractivity (Wildman–Crippen MR) is 76.2 cm³/mol. The van der Waals surface area contributed by atoms with E-state index in [1.807, 2.05) is 42.5 Å². The van der Waals surface area contributed by atoms with Crippen LogP contribution in [0.4, 0.5) is 0 Å². The third-order valence-electron chi connectivity index (χ3n) is 3.37. The molecule has 1 atom stereocenters. The Bertz CT molecular complexity index is 547. The van der Waals surface area contributed by atoms with E-state index in [0.29, 0.717) is 6.04 Å². The van der Waals surface area contributed by atoms with Gasteiger partial charge in [-0.2, -0.15) is 0 Å². The van der Waals surface area contributed by atoms with Gasteiger partial charge < -0.3 is 9.73 Å². The lowest BCUT2D eigenvalue weighted by Crippen LogP contribution is -2.37. The van der Waals surface area contributed by atoms with E-state index in [1.54, 1.807) is 6.26 Å². The maximum Gasteiger partial charge on any atom is 0.234 e. The highest BCUT2D eigenvalue weighted by Gasteiger charge is 2.24. The molecule has 1 saturated carbocycles. The summed E-state index contributed by atoms with van der Waals surface area (Å²) in [5.74, 6) is 0.857. The van der Waals surface area contributed by atoms with Crippen LogP contribution >= 0.6 is 0 Å². The molecule has 4 heteroatoms. The summed E-state index contributed by atoms with van der Waals surface area (Å²) >= 11 is 0. The van der Waals surface area contributed by atoms with Gasteiger partial charge in [-0.05, 0) is 30.5 Å². The van der Waals surface area contributed by atoms with E-state index in [-0.39, 0.29) is 18.5 Å². The Morgan fingerprint density at radius 3 is 2.65 bits per heavy atom. The van der Waals surface area contributed by atoms with Crippen molar-refractivity contribution in [3.8, 4) is 0 Å². The van der Waals surface area contributed by atoms with Crippen molar-refractivity contribution in [3.63, 3.8) is 0 Å². The first-order chi connectivity index (χ1) is 9.83. The molecule has 1 aliphatic rings. The second-order valence-electron chi connectivity index (χ2n) is 5.08. The number of hydrogen-bond acceptors (Lipinski definition) is 3. The van der Waals surface area contributed by atoms with E-state index in [9.17, 15) is 4.79 Å². The van der Waals surface area contributed by atoms with Crippen LogP contribution < -0.4 is 10.6 Å². The van der Waals surface area contributed by atoms with E-state index in [2.05, 4.69) is 10.6 Å². The van der Waals surface area contributed by atoms with Gasteiger partial charge in [0.15, 0.2) is 0 Å². The lowest BCUT2D eigenvalue weighted by molar-refractivity contribution is -0.120. The Labute approximate surface area is 118 Å². The van der Waals surface area contributed by atoms with Gasteiger partial charge in [-0.3, -0.25) is 10.1 Å².